The predicted octanol–water partition coefficient (Wildman–Crippen LogP) is 4.20. The lowest BCUT2D eigenvalue weighted by Crippen LogP contribution is -2.19. The zero-order chi connectivity index (χ0) is 15.9. The number of anilines is 1. The van der Waals surface area contributed by atoms with Crippen molar-refractivity contribution in [1.29, 1.82) is 0 Å². The maximum absolute atomic E-state index is 12.1. The fourth-order valence-corrected chi connectivity index (χ4v) is 2.67. The first-order valence-corrected chi connectivity index (χ1v) is 7.89. The lowest BCUT2D eigenvalue weighted by atomic mass is 9.84. The van der Waals surface area contributed by atoms with Gasteiger partial charge < -0.3 is 10.6 Å². The molecule has 3 heteroatoms. The molecule has 1 rings (SSSR count). The summed E-state index contributed by atoms with van der Waals surface area (Å²) < 4.78 is 0. The van der Waals surface area contributed by atoms with E-state index in [0.29, 0.717) is 12.3 Å². The molecule has 0 heterocycles. The number of hydrogen-bond acceptors (Lipinski definition) is 2. The highest BCUT2D eigenvalue weighted by Gasteiger charge is 2.17. The summed E-state index contributed by atoms with van der Waals surface area (Å²) in [4.78, 5) is 12.1. The first-order valence-electron chi connectivity index (χ1n) is 7.89. The van der Waals surface area contributed by atoms with Gasteiger partial charge in [-0.2, -0.15) is 0 Å². The van der Waals surface area contributed by atoms with Gasteiger partial charge in [-0.1, -0.05) is 46.8 Å². The SMILES string of the molecule is CCNCc1cccc(NC(=O)CC(C)CC(C)(C)C)c1. The molecule has 0 fully saturated rings. The van der Waals surface area contributed by atoms with Crippen molar-refractivity contribution < 1.29 is 4.79 Å². The van der Waals surface area contributed by atoms with Crippen LogP contribution in [0.2, 0.25) is 0 Å². The van der Waals surface area contributed by atoms with Crippen LogP contribution in [-0.2, 0) is 11.3 Å². The fraction of sp³-hybridized carbons (Fsp3) is 0.611. The molecular weight excluding hydrogens is 260 g/mol. The van der Waals surface area contributed by atoms with E-state index >= 15 is 0 Å². The highest BCUT2D eigenvalue weighted by Crippen LogP contribution is 2.26. The number of amides is 1. The first kappa shape index (κ1) is 17.7. The Hall–Kier alpha value is -1.35. The van der Waals surface area contributed by atoms with E-state index in [1.807, 2.05) is 18.2 Å². The van der Waals surface area contributed by atoms with Crippen LogP contribution in [0.25, 0.3) is 0 Å². The van der Waals surface area contributed by atoms with Gasteiger partial charge in [-0.05, 0) is 42.0 Å². The van der Waals surface area contributed by atoms with Crippen LogP contribution in [-0.4, -0.2) is 12.5 Å². The largest absolute Gasteiger partial charge is 0.326 e. The third-order valence-corrected chi connectivity index (χ3v) is 3.28. The van der Waals surface area contributed by atoms with Crippen LogP contribution in [0.3, 0.4) is 0 Å². The van der Waals surface area contributed by atoms with Gasteiger partial charge in [0.2, 0.25) is 5.91 Å². The second kappa shape index (κ2) is 8.18. The number of nitrogens with one attached hydrogen (secondary N) is 2. The van der Waals surface area contributed by atoms with Crippen LogP contribution >= 0.6 is 0 Å². The zero-order valence-corrected chi connectivity index (χ0v) is 14.1. The third-order valence-electron chi connectivity index (χ3n) is 3.28. The molecule has 118 valence electrons. The molecule has 0 aliphatic rings. The minimum atomic E-state index is 0.104. The molecule has 1 amide bonds. The third kappa shape index (κ3) is 7.86. The first-order chi connectivity index (χ1) is 9.80. The monoisotopic (exact) mass is 290 g/mol. The van der Waals surface area contributed by atoms with Gasteiger partial charge in [0.25, 0.3) is 0 Å². The molecule has 3 nitrogen and oxygen atoms in total. The lowest BCUT2D eigenvalue weighted by Gasteiger charge is -2.22. The van der Waals surface area contributed by atoms with Crippen molar-refractivity contribution in [2.24, 2.45) is 11.3 Å². The van der Waals surface area contributed by atoms with Crippen LogP contribution in [0.15, 0.2) is 24.3 Å². The molecule has 2 N–H and O–H groups in total. The summed E-state index contributed by atoms with van der Waals surface area (Å²) in [6.45, 7) is 12.7. The molecule has 1 atom stereocenters. The van der Waals surface area contributed by atoms with Gasteiger partial charge in [0.05, 0.1) is 0 Å². The standard InChI is InChI=1S/C18H30N2O/c1-6-19-13-15-8-7-9-16(11-15)20-17(21)10-14(2)12-18(3,4)5/h7-9,11,14,19H,6,10,12-13H2,1-5H3,(H,20,21). The number of rotatable bonds is 7. The van der Waals surface area contributed by atoms with E-state index in [2.05, 4.69) is 51.3 Å². The van der Waals surface area contributed by atoms with Crippen molar-refractivity contribution in [3.05, 3.63) is 29.8 Å². The van der Waals surface area contributed by atoms with Crippen LogP contribution < -0.4 is 10.6 Å². The van der Waals surface area contributed by atoms with Crippen molar-refractivity contribution in [3.8, 4) is 0 Å². The zero-order valence-electron chi connectivity index (χ0n) is 14.1. The van der Waals surface area contributed by atoms with E-state index < -0.39 is 0 Å². The van der Waals surface area contributed by atoms with Crippen molar-refractivity contribution >= 4 is 11.6 Å². The highest BCUT2D eigenvalue weighted by molar-refractivity contribution is 5.90. The van der Waals surface area contributed by atoms with Gasteiger partial charge in [-0.25, -0.2) is 0 Å². The van der Waals surface area contributed by atoms with Crippen molar-refractivity contribution in [2.45, 2.75) is 54.0 Å². The summed E-state index contributed by atoms with van der Waals surface area (Å²) in [6.07, 6.45) is 1.63. The van der Waals surface area contributed by atoms with Gasteiger partial charge >= 0.3 is 0 Å². The Morgan fingerprint density at radius 3 is 2.62 bits per heavy atom. The fourth-order valence-electron chi connectivity index (χ4n) is 2.67. The Kier molecular flexibility index (Phi) is 6.90. The number of carbonyl (C=O) groups is 1. The van der Waals surface area contributed by atoms with Gasteiger partial charge in [-0.3, -0.25) is 4.79 Å². The average molecular weight is 290 g/mol. The maximum Gasteiger partial charge on any atom is 0.224 e. The van der Waals surface area contributed by atoms with Gasteiger partial charge in [0.15, 0.2) is 0 Å². The summed E-state index contributed by atoms with van der Waals surface area (Å²) >= 11 is 0. The normalized spacial score (nSPS) is 13.0. The van der Waals surface area contributed by atoms with Crippen LogP contribution in [0.4, 0.5) is 5.69 Å². The van der Waals surface area contributed by atoms with Crippen molar-refractivity contribution in [1.82, 2.24) is 5.32 Å². The van der Waals surface area contributed by atoms with Crippen LogP contribution in [0.5, 0.6) is 0 Å². The van der Waals surface area contributed by atoms with Crippen molar-refractivity contribution in [2.75, 3.05) is 11.9 Å². The number of hydrogen-bond donors (Lipinski definition) is 2. The Bertz CT molecular complexity index is 449. The van der Waals surface area contributed by atoms with Crippen LogP contribution in [0.1, 0.15) is 53.0 Å². The number of benzene rings is 1. The average Bonchev–Trinajstić information content (AvgIpc) is 2.34. The molecule has 0 spiro atoms. The Morgan fingerprint density at radius 1 is 1.29 bits per heavy atom. The summed E-state index contributed by atoms with van der Waals surface area (Å²) in [7, 11) is 0. The topological polar surface area (TPSA) is 41.1 Å². The highest BCUT2D eigenvalue weighted by atomic mass is 16.1. The summed E-state index contributed by atoms with van der Waals surface area (Å²) in [5.41, 5.74) is 2.35. The van der Waals surface area contributed by atoms with Gasteiger partial charge in [0, 0.05) is 18.7 Å². The molecule has 1 unspecified atom stereocenters. The predicted molar refractivity (Wildman–Crippen MR) is 90.3 cm³/mol. The van der Waals surface area contributed by atoms with Crippen molar-refractivity contribution in [3.63, 3.8) is 0 Å². The van der Waals surface area contributed by atoms with Crippen LogP contribution in [0, 0.1) is 11.3 Å². The molecular formula is C18H30N2O. The molecule has 0 aliphatic carbocycles. The molecule has 0 radical (unpaired) electrons. The lowest BCUT2D eigenvalue weighted by molar-refractivity contribution is -0.117. The molecule has 1 aromatic rings. The van der Waals surface area contributed by atoms with E-state index in [1.165, 1.54) is 5.56 Å². The minimum absolute atomic E-state index is 0.104. The smallest absolute Gasteiger partial charge is 0.224 e. The molecule has 0 aromatic heterocycles. The Balaban J connectivity index is 2.50. The van der Waals surface area contributed by atoms with E-state index in [4.69, 9.17) is 0 Å². The number of carbonyl (C=O) groups excluding carboxylic acids is 1. The quantitative estimate of drug-likeness (QED) is 0.790. The molecule has 1 aromatic carbocycles. The van der Waals surface area contributed by atoms with E-state index in [9.17, 15) is 4.79 Å². The Morgan fingerprint density at radius 2 is 2.00 bits per heavy atom. The summed E-state index contributed by atoms with van der Waals surface area (Å²) in [5, 5.41) is 6.30. The summed E-state index contributed by atoms with van der Waals surface area (Å²) in [5.74, 6) is 0.502. The summed E-state index contributed by atoms with van der Waals surface area (Å²) in [6, 6.07) is 8.04. The van der Waals surface area contributed by atoms with Gasteiger partial charge in [0.1, 0.15) is 0 Å². The molecule has 0 saturated heterocycles. The second-order valence-electron chi connectivity index (χ2n) is 7.10. The molecule has 0 bridgehead atoms. The van der Waals surface area contributed by atoms with E-state index in [0.717, 1.165) is 25.2 Å². The van der Waals surface area contributed by atoms with E-state index in [1.54, 1.807) is 0 Å². The van der Waals surface area contributed by atoms with Gasteiger partial charge in [-0.15, -0.1) is 0 Å². The molecule has 0 saturated carbocycles. The van der Waals surface area contributed by atoms with E-state index in [-0.39, 0.29) is 11.3 Å². The maximum atomic E-state index is 12.1. The second-order valence-corrected chi connectivity index (χ2v) is 7.10. The Labute approximate surface area is 129 Å². The molecule has 21 heavy (non-hydrogen) atoms. The molecule has 0 aliphatic heterocycles. The minimum Gasteiger partial charge on any atom is -0.326 e.